The summed E-state index contributed by atoms with van der Waals surface area (Å²) >= 11 is 0. The number of benzene rings is 2. The second-order valence-corrected chi connectivity index (χ2v) is 6.34. The van der Waals surface area contributed by atoms with Crippen LogP contribution in [-0.4, -0.2) is 34.3 Å². The third kappa shape index (κ3) is 3.27. The van der Waals surface area contributed by atoms with Crippen LogP contribution in [0.15, 0.2) is 48.7 Å². The van der Waals surface area contributed by atoms with E-state index in [1.54, 1.807) is 24.4 Å². The molecule has 3 aromatic rings. The maximum absolute atomic E-state index is 12.0. The molecule has 1 atom stereocenters. The molecule has 28 heavy (non-hydrogen) atoms. The third-order valence-electron chi connectivity index (χ3n) is 4.59. The highest BCUT2D eigenvalue weighted by Gasteiger charge is 2.29. The maximum Gasteiger partial charge on any atom is 0.335 e. The molecule has 0 saturated heterocycles. The molecule has 2 heterocycles. The van der Waals surface area contributed by atoms with Crippen LogP contribution in [0.1, 0.15) is 33.8 Å². The standard InChI is InChI=1S/C20H17N3O5/c1-27-17-8-11(14-9-18(24)22-19-15(14)10-21-23-19)5-6-16(17)28-13-4-2-3-12(7-13)20(25)26/h2-8,10,14H,9H2,1H3,(H,25,26)(H2,21,22,23,24). The van der Waals surface area contributed by atoms with Gasteiger partial charge in [-0.05, 0) is 35.9 Å². The number of fused-ring (bicyclic) bond motifs is 1. The first kappa shape index (κ1) is 17.6. The first-order valence-electron chi connectivity index (χ1n) is 8.58. The highest BCUT2D eigenvalue weighted by molar-refractivity contribution is 5.94. The molecule has 3 N–H and O–H groups in total. The number of carboxylic acids is 1. The van der Waals surface area contributed by atoms with E-state index in [1.165, 1.54) is 19.2 Å². The molecule has 1 aliphatic rings. The zero-order valence-corrected chi connectivity index (χ0v) is 14.9. The summed E-state index contributed by atoms with van der Waals surface area (Å²) in [5.41, 5.74) is 1.93. The number of nitrogens with one attached hydrogen (secondary N) is 2. The predicted molar refractivity (Wildman–Crippen MR) is 100 cm³/mol. The molecule has 1 aliphatic heterocycles. The van der Waals surface area contributed by atoms with Crippen molar-refractivity contribution in [2.24, 2.45) is 0 Å². The number of hydrogen-bond acceptors (Lipinski definition) is 5. The molecule has 0 aliphatic carbocycles. The molecule has 2 aromatic carbocycles. The summed E-state index contributed by atoms with van der Waals surface area (Å²) in [4.78, 5) is 23.1. The summed E-state index contributed by atoms with van der Waals surface area (Å²) in [6.45, 7) is 0. The lowest BCUT2D eigenvalue weighted by Gasteiger charge is -2.22. The molecule has 0 bridgehead atoms. The van der Waals surface area contributed by atoms with Gasteiger partial charge < -0.3 is 19.9 Å². The summed E-state index contributed by atoms with van der Waals surface area (Å²) in [7, 11) is 1.52. The maximum atomic E-state index is 12.0. The summed E-state index contributed by atoms with van der Waals surface area (Å²) in [5.74, 6) is 0.566. The lowest BCUT2D eigenvalue weighted by molar-refractivity contribution is -0.116. The van der Waals surface area contributed by atoms with Crippen molar-refractivity contribution >= 4 is 17.7 Å². The number of methoxy groups -OCH3 is 1. The normalized spacial score (nSPS) is 15.5. The number of aromatic carboxylic acids is 1. The van der Waals surface area contributed by atoms with Crippen molar-refractivity contribution in [2.75, 3.05) is 12.4 Å². The Kier molecular flexibility index (Phi) is 4.44. The summed E-state index contributed by atoms with van der Waals surface area (Å²) in [6, 6.07) is 11.6. The predicted octanol–water partition coefficient (Wildman–Crippen LogP) is 3.38. The lowest BCUT2D eigenvalue weighted by atomic mass is 9.87. The first-order chi connectivity index (χ1) is 13.5. The second-order valence-electron chi connectivity index (χ2n) is 6.34. The number of H-pyrrole nitrogens is 1. The number of amides is 1. The van der Waals surface area contributed by atoms with Gasteiger partial charge in [0.1, 0.15) is 5.75 Å². The minimum Gasteiger partial charge on any atom is -0.493 e. The van der Waals surface area contributed by atoms with E-state index in [1.807, 2.05) is 12.1 Å². The number of anilines is 1. The van der Waals surface area contributed by atoms with Crippen molar-refractivity contribution in [3.63, 3.8) is 0 Å². The fraction of sp³-hybridized carbons (Fsp3) is 0.150. The van der Waals surface area contributed by atoms with Gasteiger partial charge in [-0.3, -0.25) is 9.89 Å². The van der Waals surface area contributed by atoms with Crippen LogP contribution in [0.25, 0.3) is 0 Å². The van der Waals surface area contributed by atoms with Gasteiger partial charge in [-0.2, -0.15) is 5.10 Å². The van der Waals surface area contributed by atoms with Crippen LogP contribution in [-0.2, 0) is 4.79 Å². The van der Waals surface area contributed by atoms with Crippen LogP contribution in [0.5, 0.6) is 17.2 Å². The molecule has 1 amide bonds. The van der Waals surface area contributed by atoms with Crippen molar-refractivity contribution in [3.05, 3.63) is 65.4 Å². The number of aromatic nitrogens is 2. The number of carboxylic acid groups (broad SMARTS) is 1. The van der Waals surface area contributed by atoms with Gasteiger partial charge in [0.2, 0.25) is 5.91 Å². The summed E-state index contributed by atoms with van der Waals surface area (Å²) < 4.78 is 11.3. The fourth-order valence-electron chi connectivity index (χ4n) is 3.25. The number of carbonyl (C=O) groups excluding carboxylic acids is 1. The van der Waals surface area contributed by atoms with Crippen LogP contribution in [0, 0.1) is 0 Å². The Bertz CT molecular complexity index is 1060. The average molecular weight is 379 g/mol. The van der Waals surface area contributed by atoms with Crippen LogP contribution in [0.2, 0.25) is 0 Å². The van der Waals surface area contributed by atoms with E-state index in [9.17, 15) is 9.59 Å². The van der Waals surface area contributed by atoms with Gasteiger partial charge >= 0.3 is 5.97 Å². The van der Waals surface area contributed by atoms with Gasteiger partial charge in [0.15, 0.2) is 17.3 Å². The van der Waals surface area contributed by atoms with Gasteiger partial charge in [0.05, 0.1) is 12.7 Å². The van der Waals surface area contributed by atoms with Crippen LogP contribution >= 0.6 is 0 Å². The molecule has 8 nitrogen and oxygen atoms in total. The van der Waals surface area contributed by atoms with E-state index in [0.29, 0.717) is 29.5 Å². The Labute approximate surface area is 160 Å². The van der Waals surface area contributed by atoms with E-state index in [4.69, 9.17) is 14.6 Å². The Morgan fingerprint density at radius 2 is 2.07 bits per heavy atom. The Hall–Kier alpha value is -3.81. The molecule has 8 heteroatoms. The quantitative estimate of drug-likeness (QED) is 0.626. The van der Waals surface area contributed by atoms with E-state index in [0.717, 1.165) is 11.1 Å². The van der Waals surface area contributed by atoms with Gasteiger partial charge in [0, 0.05) is 24.1 Å². The molecule has 0 fully saturated rings. The molecule has 1 unspecified atom stereocenters. The number of hydrogen-bond donors (Lipinski definition) is 3. The number of aromatic amines is 1. The SMILES string of the molecule is COc1cc(C2CC(=O)Nc3n[nH]cc32)ccc1Oc1cccc(C(=O)O)c1. The van der Waals surface area contributed by atoms with E-state index < -0.39 is 5.97 Å². The summed E-state index contributed by atoms with van der Waals surface area (Å²) in [5, 5.41) is 18.7. The van der Waals surface area contributed by atoms with Gasteiger partial charge in [-0.1, -0.05) is 12.1 Å². The van der Waals surface area contributed by atoms with Crippen LogP contribution in [0.3, 0.4) is 0 Å². The van der Waals surface area contributed by atoms with Gasteiger partial charge in [-0.15, -0.1) is 0 Å². The highest BCUT2D eigenvalue weighted by Crippen LogP contribution is 2.40. The van der Waals surface area contributed by atoms with Crippen molar-refractivity contribution in [1.29, 1.82) is 0 Å². The fourth-order valence-corrected chi connectivity index (χ4v) is 3.25. The van der Waals surface area contributed by atoms with Crippen LogP contribution in [0.4, 0.5) is 5.82 Å². The van der Waals surface area contributed by atoms with E-state index in [2.05, 4.69) is 15.5 Å². The lowest BCUT2D eigenvalue weighted by Crippen LogP contribution is -2.22. The van der Waals surface area contributed by atoms with Crippen molar-refractivity contribution in [3.8, 4) is 17.2 Å². The monoisotopic (exact) mass is 379 g/mol. The molecule has 0 saturated carbocycles. The molecular formula is C20H17N3O5. The van der Waals surface area contributed by atoms with Crippen molar-refractivity contribution < 1.29 is 24.2 Å². The number of carbonyl (C=O) groups is 2. The number of ether oxygens (including phenoxy) is 2. The first-order valence-corrected chi connectivity index (χ1v) is 8.58. The molecule has 0 spiro atoms. The smallest absolute Gasteiger partial charge is 0.335 e. The highest BCUT2D eigenvalue weighted by atomic mass is 16.5. The van der Waals surface area contributed by atoms with E-state index >= 15 is 0 Å². The summed E-state index contributed by atoms with van der Waals surface area (Å²) in [6.07, 6.45) is 2.07. The molecule has 4 rings (SSSR count). The minimum atomic E-state index is -1.03. The molecular weight excluding hydrogens is 362 g/mol. The second kappa shape index (κ2) is 7.07. The third-order valence-corrected chi connectivity index (χ3v) is 4.59. The van der Waals surface area contributed by atoms with E-state index in [-0.39, 0.29) is 17.4 Å². The number of nitrogens with zero attached hydrogens (tertiary/aromatic N) is 1. The van der Waals surface area contributed by atoms with Crippen molar-refractivity contribution in [1.82, 2.24) is 10.2 Å². The Morgan fingerprint density at radius 3 is 2.86 bits per heavy atom. The average Bonchev–Trinajstić information content (AvgIpc) is 3.16. The Balaban J connectivity index is 1.65. The van der Waals surface area contributed by atoms with Crippen molar-refractivity contribution in [2.45, 2.75) is 12.3 Å². The van der Waals surface area contributed by atoms with Gasteiger partial charge in [0.25, 0.3) is 0 Å². The zero-order chi connectivity index (χ0) is 19.7. The topological polar surface area (TPSA) is 114 Å². The molecule has 142 valence electrons. The molecule has 1 aromatic heterocycles. The number of rotatable bonds is 5. The van der Waals surface area contributed by atoms with Crippen LogP contribution < -0.4 is 14.8 Å². The Morgan fingerprint density at radius 1 is 1.21 bits per heavy atom. The zero-order valence-electron chi connectivity index (χ0n) is 14.9. The minimum absolute atomic E-state index is 0.102. The molecule has 0 radical (unpaired) electrons. The van der Waals surface area contributed by atoms with Gasteiger partial charge in [-0.25, -0.2) is 4.79 Å². The largest absolute Gasteiger partial charge is 0.493 e.